The molecule has 0 fully saturated rings. The molecule has 1 aliphatic rings. The van der Waals surface area contributed by atoms with Crippen LogP contribution < -0.4 is 15.0 Å². The normalized spacial score (nSPS) is 13.5. The Morgan fingerprint density at radius 3 is 2.64 bits per heavy atom. The van der Waals surface area contributed by atoms with Crippen LogP contribution in [0.15, 0.2) is 54.7 Å². The number of amides is 2. The zero-order chi connectivity index (χ0) is 23.6. The number of rotatable bonds is 5. The average molecular weight is 456 g/mol. The number of carbonyl (C=O) groups excluding carboxylic acids is 2. The topological polar surface area (TPSA) is 84.4 Å². The van der Waals surface area contributed by atoms with Crippen LogP contribution >= 0.6 is 0 Å². The molecule has 33 heavy (non-hydrogen) atoms. The van der Waals surface area contributed by atoms with E-state index in [1.54, 1.807) is 43.3 Å². The number of hydrogen-bond donors (Lipinski definition) is 1. The fraction of sp³-hybridized carbons (Fsp3) is 0.217. The summed E-state index contributed by atoms with van der Waals surface area (Å²) in [6.07, 6.45) is -2.67. The Bertz CT molecular complexity index is 1200. The highest BCUT2D eigenvalue weighted by molar-refractivity contribution is 6.08. The van der Waals surface area contributed by atoms with Crippen LogP contribution in [0.3, 0.4) is 0 Å². The molecule has 0 spiro atoms. The van der Waals surface area contributed by atoms with Crippen molar-refractivity contribution in [3.05, 3.63) is 71.5 Å². The molecule has 0 unspecified atom stereocenters. The number of benzene rings is 1. The molecule has 1 aromatic carbocycles. The minimum absolute atomic E-state index is 0.115. The van der Waals surface area contributed by atoms with E-state index in [1.165, 1.54) is 11.0 Å². The summed E-state index contributed by atoms with van der Waals surface area (Å²) in [5.41, 5.74) is 0.212. The van der Waals surface area contributed by atoms with E-state index in [4.69, 9.17) is 4.74 Å². The number of anilines is 2. The molecule has 0 saturated carbocycles. The van der Waals surface area contributed by atoms with Gasteiger partial charge in [-0.15, -0.1) is 0 Å². The standard InChI is InChI=1S/C23H19F3N4O3/c1-2-21(31)29-19-4-3-5-20(28-19)30-11-10-14-6-7-15(12-17(14)22(30)32)33-16-8-9-18(27-13-16)23(24,25)26/h3-9,12-13H,2,10-11H2,1H3,(H,28,29,31). The fourth-order valence-electron chi connectivity index (χ4n) is 3.35. The lowest BCUT2D eigenvalue weighted by atomic mass is 9.98. The lowest BCUT2D eigenvalue weighted by molar-refractivity contribution is -0.141. The quantitative estimate of drug-likeness (QED) is 0.594. The van der Waals surface area contributed by atoms with E-state index >= 15 is 0 Å². The average Bonchev–Trinajstić information content (AvgIpc) is 2.79. The van der Waals surface area contributed by atoms with E-state index < -0.39 is 11.9 Å². The van der Waals surface area contributed by atoms with Gasteiger partial charge in [0.2, 0.25) is 5.91 Å². The second-order valence-electron chi connectivity index (χ2n) is 7.29. The molecule has 3 aromatic rings. The highest BCUT2D eigenvalue weighted by Crippen LogP contribution is 2.31. The molecule has 10 heteroatoms. The van der Waals surface area contributed by atoms with E-state index in [-0.39, 0.29) is 17.6 Å². The van der Waals surface area contributed by atoms with Crippen molar-refractivity contribution in [1.29, 1.82) is 0 Å². The number of halogens is 3. The highest BCUT2D eigenvalue weighted by atomic mass is 19.4. The van der Waals surface area contributed by atoms with Crippen molar-refractivity contribution >= 4 is 23.5 Å². The number of hydrogen-bond acceptors (Lipinski definition) is 5. The summed E-state index contributed by atoms with van der Waals surface area (Å²) in [7, 11) is 0. The number of carbonyl (C=O) groups is 2. The molecule has 0 radical (unpaired) electrons. The molecule has 0 atom stereocenters. The van der Waals surface area contributed by atoms with Gasteiger partial charge in [0.05, 0.1) is 6.20 Å². The SMILES string of the molecule is CCC(=O)Nc1cccc(N2CCc3ccc(Oc4ccc(C(F)(F)F)nc4)cc3C2=O)n1. The summed E-state index contributed by atoms with van der Waals surface area (Å²) in [6, 6.07) is 12.0. The first-order valence-corrected chi connectivity index (χ1v) is 10.2. The van der Waals surface area contributed by atoms with Gasteiger partial charge in [0, 0.05) is 18.5 Å². The molecule has 170 valence electrons. The third-order valence-electron chi connectivity index (χ3n) is 5.02. The van der Waals surface area contributed by atoms with Gasteiger partial charge in [0.25, 0.3) is 5.91 Å². The van der Waals surface area contributed by atoms with Crippen molar-refractivity contribution in [2.75, 3.05) is 16.8 Å². The molecule has 0 bridgehead atoms. The number of nitrogens with zero attached hydrogens (tertiary/aromatic N) is 3. The van der Waals surface area contributed by atoms with Gasteiger partial charge in [-0.25, -0.2) is 9.97 Å². The van der Waals surface area contributed by atoms with Crippen LogP contribution in [0.2, 0.25) is 0 Å². The second kappa shape index (κ2) is 8.89. The summed E-state index contributed by atoms with van der Waals surface area (Å²) in [5, 5.41) is 2.67. The molecule has 0 saturated heterocycles. The molecular weight excluding hydrogens is 437 g/mol. The summed E-state index contributed by atoms with van der Waals surface area (Å²) in [6.45, 7) is 2.14. The van der Waals surface area contributed by atoms with Crippen LogP contribution in [0.25, 0.3) is 0 Å². The number of aromatic nitrogens is 2. The van der Waals surface area contributed by atoms with Crippen molar-refractivity contribution in [1.82, 2.24) is 9.97 Å². The van der Waals surface area contributed by atoms with Crippen molar-refractivity contribution < 1.29 is 27.5 Å². The van der Waals surface area contributed by atoms with E-state index in [0.717, 1.165) is 17.8 Å². The van der Waals surface area contributed by atoms with Crippen LogP contribution in [0, 0.1) is 0 Å². The molecule has 0 aliphatic carbocycles. The first-order chi connectivity index (χ1) is 15.7. The molecule has 2 aromatic heterocycles. The summed E-state index contributed by atoms with van der Waals surface area (Å²) >= 11 is 0. The minimum Gasteiger partial charge on any atom is -0.456 e. The Labute approximate surface area is 187 Å². The number of fused-ring (bicyclic) bond motifs is 1. The Morgan fingerprint density at radius 1 is 1.15 bits per heavy atom. The summed E-state index contributed by atoms with van der Waals surface area (Å²) in [5.74, 6) is 0.683. The summed E-state index contributed by atoms with van der Waals surface area (Å²) < 4.78 is 43.7. The third-order valence-corrected chi connectivity index (χ3v) is 5.02. The van der Waals surface area contributed by atoms with Gasteiger partial charge in [-0.05, 0) is 48.4 Å². The van der Waals surface area contributed by atoms with E-state index in [9.17, 15) is 22.8 Å². The van der Waals surface area contributed by atoms with Gasteiger partial charge in [0.15, 0.2) is 0 Å². The Hall–Kier alpha value is -3.95. The highest BCUT2D eigenvalue weighted by Gasteiger charge is 2.32. The zero-order valence-corrected chi connectivity index (χ0v) is 17.5. The lowest BCUT2D eigenvalue weighted by Crippen LogP contribution is -2.38. The van der Waals surface area contributed by atoms with Gasteiger partial charge in [-0.2, -0.15) is 13.2 Å². The van der Waals surface area contributed by atoms with Gasteiger partial charge in [-0.3, -0.25) is 14.5 Å². The Morgan fingerprint density at radius 2 is 1.94 bits per heavy atom. The maximum atomic E-state index is 13.2. The first-order valence-electron chi connectivity index (χ1n) is 10.2. The zero-order valence-electron chi connectivity index (χ0n) is 17.5. The van der Waals surface area contributed by atoms with Gasteiger partial charge >= 0.3 is 6.18 Å². The molecular formula is C23H19F3N4O3. The molecule has 1 aliphatic heterocycles. The third kappa shape index (κ3) is 4.94. The van der Waals surface area contributed by atoms with E-state index in [2.05, 4.69) is 15.3 Å². The molecule has 3 heterocycles. The smallest absolute Gasteiger partial charge is 0.433 e. The predicted molar refractivity (Wildman–Crippen MR) is 114 cm³/mol. The van der Waals surface area contributed by atoms with Crippen molar-refractivity contribution in [3.63, 3.8) is 0 Å². The van der Waals surface area contributed by atoms with Crippen LogP contribution in [-0.2, 0) is 17.4 Å². The lowest BCUT2D eigenvalue weighted by Gasteiger charge is -2.28. The molecule has 4 rings (SSSR count). The number of alkyl halides is 3. The van der Waals surface area contributed by atoms with Crippen LogP contribution in [0.4, 0.5) is 24.8 Å². The Balaban J connectivity index is 1.54. The molecule has 7 nitrogen and oxygen atoms in total. The number of pyridine rings is 2. The predicted octanol–water partition coefficient (Wildman–Crippen LogP) is 4.84. The van der Waals surface area contributed by atoms with Crippen molar-refractivity contribution in [2.45, 2.75) is 25.9 Å². The van der Waals surface area contributed by atoms with E-state index in [0.29, 0.717) is 42.3 Å². The van der Waals surface area contributed by atoms with Gasteiger partial charge in [-0.1, -0.05) is 19.1 Å². The van der Waals surface area contributed by atoms with Crippen molar-refractivity contribution in [2.24, 2.45) is 0 Å². The Kier molecular flexibility index (Phi) is 5.99. The first kappa shape index (κ1) is 22.3. The fourth-order valence-corrected chi connectivity index (χ4v) is 3.35. The molecule has 2 amide bonds. The van der Waals surface area contributed by atoms with Gasteiger partial charge < -0.3 is 10.1 Å². The second-order valence-corrected chi connectivity index (χ2v) is 7.29. The summed E-state index contributed by atoms with van der Waals surface area (Å²) in [4.78, 5) is 34.1. The largest absolute Gasteiger partial charge is 0.456 e. The van der Waals surface area contributed by atoms with Crippen LogP contribution in [0.1, 0.15) is 35.0 Å². The monoisotopic (exact) mass is 456 g/mol. The van der Waals surface area contributed by atoms with Gasteiger partial charge in [0.1, 0.15) is 28.8 Å². The van der Waals surface area contributed by atoms with Crippen molar-refractivity contribution in [3.8, 4) is 11.5 Å². The van der Waals surface area contributed by atoms with E-state index in [1.807, 2.05) is 0 Å². The minimum atomic E-state index is -4.54. The number of nitrogens with one attached hydrogen (secondary N) is 1. The molecule has 1 N–H and O–H groups in total. The van der Waals surface area contributed by atoms with Crippen LogP contribution in [0.5, 0.6) is 11.5 Å². The maximum absolute atomic E-state index is 13.2. The van der Waals surface area contributed by atoms with Crippen LogP contribution in [-0.4, -0.2) is 28.3 Å². The maximum Gasteiger partial charge on any atom is 0.433 e. The number of ether oxygens (including phenoxy) is 1.